The van der Waals surface area contributed by atoms with Crippen molar-refractivity contribution in [1.29, 1.82) is 0 Å². The van der Waals surface area contributed by atoms with E-state index in [2.05, 4.69) is 13.8 Å². The Hall–Kier alpha value is -1.11. The summed E-state index contributed by atoms with van der Waals surface area (Å²) in [6.45, 7) is 6.00. The number of hydrogen-bond acceptors (Lipinski definition) is 1. The Morgan fingerprint density at radius 1 is 1.36 bits per heavy atom. The molecule has 1 unspecified atom stereocenters. The smallest absolute Gasteiger partial charge is 0.140 e. The standard InChI is InChI=1S/C13H17O/c1-3-4-10-13(14)11(2)12-8-6-5-7-9-12/h5-9,11H,2-4,10H2,1H3. The summed E-state index contributed by atoms with van der Waals surface area (Å²) in [7, 11) is 0. The molecule has 0 N–H and O–H groups in total. The largest absolute Gasteiger partial charge is 0.299 e. The van der Waals surface area contributed by atoms with Crippen LogP contribution in [0.4, 0.5) is 0 Å². The van der Waals surface area contributed by atoms with Gasteiger partial charge in [0.15, 0.2) is 0 Å². The van der Waals surface area contributed by atoms with Crippen molar-refractivity contribution in [3.8, 4) is 0 Å². The molecule has 0 saturated carbocycles. The Morgan fingerprint density at radius 2 is 2.00 bits per heavy atom. The first-order chi connectivity index (χ1) is 6.75. The number of rotatable bonds is 5. The van der Waals surface area contributed by atoms with Crippen LogP contribution in [-0.2, 0) is 4.79 Å². The van der Waals surface area contributed by atoms with Gasteiger partial charge in [0.1, 0.15) is 5.78 Å². The zero-order valence-electron chi connectivity index (χ0n) is 8.70. The number of ketones is 1. The molecule has 0 aliphatic rings. The second-order valence-corrected chi connectivity index (χ2v) is 3.53. The fourth-order valence-electron chi connectivity index (χ4n) is 1.40. The van der Waals surface area contributed by atoms with Crippen molar-refractivity contribution in [2.75, 3.05) is 0 Å². The van der Waals surface area contributed by atoms with Crippen molar-refractivity contribution in [2.24, 2.45) is 0 Å². The third-order valence-electron chi connectivity index (χ3n) is 2.37. The van der Waals surface area contributed by atoms with E-state index in [1.807, 2.05) is 30.3 Å². The molecule has 0 fully saturated rings. The molecule has 75 valence electrons. The van der Waals surface area contributed by atoms with Gasteiger partial charge in [-0.2, -0.15) is 0 Å². The summed E-state index contributed by atoms with van der Waals surface area (Å²) in [5.41, 5.74) is 1.02. The van der Waals surface area contributed by atoms with E-state index < -0.39 is 0 Å². The maximum atomic E-state index is 11.6. The molecule has 1 aromatic carbocycles. The lowest BCUT2D eigenvalue weighted by Crippen LogP contribution is -2.08. The summed E-state index contributed by atoms with van der Waals surface area (Å²) in [6, 6.07) is 9.76. The molecule has 0 saturated heterocycles. The summed E-state index contributed by atoms with van der Waals surface area (Å²) in [5.74, 6) is 0.0563. The van der Waals surface area contributed by atoms with Crippen LogP contribution in [-0.4, -0.2) is 5.78 Å². The number of carbonyl (C=O) groups is 1. The zero-order chi connectivity index (χ0) is 10.4. The van der Waals surface area contributed by atoms with Crippen LogP contribution in [0.25, 0.3) is 0 Å². The van der Waals surface area contributed by atoms with E-state index in [9.17, 15) is 4.79 Å². The minimum absolute atomic E-state index is 0.192. The summed E-state index contributed by atoms with van der Waals surface area (Å²) < 4.78 is 0. The third-order valence-corrected chi connectivity index (χ3v) is 2.37. The minimum Gasteiger partial charge on any atom is -0.299 e. The molecule has 1 nitrogen and oxygen atoms in total. The second-order valence-electron chi connectivity index (χ2n) is 3.53. The maximum absolute atomic E-state index is 11.6. The molecule has 0 aliphatic heterocycles. The predicted molar refractivity (Wildman–Crippen MR) is 59.1 cm³/mol. The highest BCUT2D eigenvalue weighted by molar-refractivity contribution is 5.86. The van der Waals surface area contributed by atoms with Crippen LogP contribution < -0.4 is 0 Å². The van der Waals surface area contributed by atoms with E-state index in [0.717, 1.165) is 18.4 Å². The SMILES string of the molecule is [CH2]C(C(=O)CCCC)c1ccccc1. The molecule has 1 radical (unpaired) electrons. The van der Waals surface area contributed by atoms with Gasteiger partial charge < -0.3 is 0 Å². The average Bonchev–Trinajstić information content (AvgIpc) is 2.26. The zero-order valence-corrected chi connectivity index (χ0v) is 8.70. The molecular formula is C13H17O. The van der Waals surface area contributed by atoms with Crippen molar-refractivity contribution in [1.82, 2.24) is 0 Å². The number of Topliss-reactive ketones (excluding diaryl/α,β-unsaturated/α-hetero) is 1. The highest BCUT2D eigenvalue weighted by atomic mass is 16.1. The lowest BCUT2D eigenvalue weighted by atomic mass is 9.94. The number of hydrogen-bond donors (Lipinski definition) is 0. The summed E-state index contributed by atoms with van der Waals surface area (Å²) >= 11 is 0. The number of benzene rings is 1. The van der Waals surface area contributed by atoms with Crippen LogP contribution in [0, 0.1) is 6.92 Å². The quantitative estimate of drug-likeness (QED) is 0.694. The monoisotopic (exact) mass is 189 g/mol. The van der Waals surface area contributed by atoms with Crippen LogP contribution in [0.2, 0.25) is 0 Å². The van der Waals surface area contributed by atoms with Gasteiger partial charge in [-0.3, -0.25) is 4.79 Å². The van der Waals surface area contributed by atoms with E-state index in [1.54, 1.807) is 0 Å². The molecule has 1 rings (SSSR count). The molecular weight excluding hydrogens is 172 g/mol. The highest BCUT2D eigenvalue weighted by Crippen LogP contribution is 2.17. The van der Waals surface area contributed by atoms with Gasteiger partial charge in [-0.05, 0) is 18.9 Å². The van der Waals surface area contributed by atoms with Crippen LogP contribution >= 0.6 is 0 Å². The molecule has 1 heteroatoms. The fourth-order valence-corrected chi connectivity index (χ4v) is 1.40. The lowest BCUT2D eigenvalue weighted by molar-refractivity contribution is -0.119. The predicted octanol–water partition coefficient (Wildman–Crippen LogP) is 3.36. The van der Waals surface area contributed by atoms with Crippen molar-refractivity contribution in [2.45, 2.75) is 32.1 Å². The molecule has 0 aliphatic carbocycles. The molecule has 0 heterocycles. The van der Waals surface area contributed by atoms with Gasteiger partial charge in [0.25, 0.3) is 0 Å². The first-order valence-electron chi connectivity index (χ1n) is 5.16. The Kier molecular flexibility index (Phi) is 4.37. The van der Waals surface area contributed by atoms with Crippen LogP contribution in [0.5, 0.6) is 0 Å². The van der Waals surface area contributed by atoms with E-state index in [0.29, 0.717) is 6.42 Å². The topological polar surface area (TPSA) is 17.1 Å². The minimum atomic E-state index is -0.192. The van der Waals surface area contributed by atoms with Crippen LogP contribution in [0.3, 0.4) is 0 Å². The van der Waals surface area contributed by atoms with Gasteiger partial charge in [0.05, 0.1) is 0 Å². The van der Waals surface area contributed by atoms with Crippen molar-refractivity contribution < 1.29 is 4.79 Å². The Morgan fingerprint density at radius 3 is 2.57 bits per heavy atom. The van der Waals surface area contributed by atoms with Crippen molar-refractivity contribution in [3.63, 3.8) is 0 Å². The molecule has 1 atom stereocenters. The first-order valence-corrected chi connectivity index (χ1v) is 5.16. The second kappa shape index (κ2) is 5.58. The van der Waals surface area contributed by atoms with Gasteiger partial charge in [-0.25, -0.2) is 0 Å². The van der Waals surface area contributed by atoms with Crippen molar-refractivity contribution >= 4 is 5.78 Å². The van der Waals surface area contributed by atoms with Crippen LogP contribution in [0.15, 0.2) is 30.3 Å². The number of unbranched alkanes of at least 4 members (excludes halogenated alkanes) is 1. The molecule has 0 spiro atoms. The molecule has 14 heavy (non-hydrogen) atoms. The van der Waals surface area contributed by atoms with E-state index >= 15 is 0 Å². The van der Waals surface area contributed by atoms with Gasteiger partial charge >= 0.3 is 0 Å². The van der Waals surface area contributed by atoms with Crippen LogP contribution in [0.1, 0.15) is 37.7 Å². The summed E-state index contributed by atoms with van der Waals surface area (Å²) in [6.07, 6.45) is 2.69. The molecule has 0 aromatic heterocycles. The summed E-state index contributed by atoms with van der Waals surface area (Å²) in [5, 5.41) is 0. The molecule has 0 amide bonds. The highest BCUT2D eigenvalue weighted by Gasteiger charge is 2.13. The Labute approximate surface area is 86.1 Å². The van der Waals surface area contributed by atoms with E-state index in [1.165, 1.54) is 0 Å². The normalized spacial score (nSPS) is 12.4. The lowest BCUT2D eigenvalue weighted by Gasteiger charge is -2.09. The third kappa shape index (κ3) is 2.99. The van der Waals surface area contributed by atoms with E-state index in [4.69, 9.17) is 0 Å². The molecule has 1 aromatic rings. The average molecular weight is 189 g/mol. The van der Waals surface area contributed by atoms with Gasteiger partial charge in [0.2, 0.25) is 0 Å². The first kappa shape index (κ1) is 11.0. The number of carbonyl (C=O) groups excluding carboxylic acids is 1. The fraction of sp³-hybridized carbons (Fsp3) is 0.385. The van der Waals surface area contributed by atoms with Gasteiger partial charge in [0, 0.05) is 12.3 Å². The van der Waals surface area contributed by atoms with Gasteiger partial charge in [-0.15, -0.1) is 0 Å². The Bertz CT molecular complexity index is 277. The maximum Gasteiger partial charge on any atom is 0.140 e. The van der Waals surface area contributed by atoms with Crippen molar-refractivity contribution in [3.05, 3.63) is 42.8 Å². The van der Waals surface area contributed by atoms with E-state index in [-0.39, 0.29) is 11.7 Å². The Balaban J connectivity index is 2.57. The van der Waals surface area contributed by atoms with Gasteiger partial charge in [-0.1, -0.05) is 43.7 Å². The molecule has 0 bridgehead atoms. The summed E-state index contributed by atoms with van der Waals surface area (Å²) in [4.78, 5) is 11.6.